The monoisotopic (exact) mass is 270 g/mol. The van der Waals surface area contributed by atoms with E-state index in [1.165, 1.54) is 0 Å². The number of carboxylic acid groups (broad SMARTS) is 1. The summed E-state index contributed by atoms with van der Waals surface area (Å²) in [4.78, 5) is 11.0. The lowest BCUT2D eigenvalue weighted by atomic mass is 9.93. The fourth-order valence-corrected chi connectivity index (χ4v) is 2.71. The number of sulfone groups is 1. The lowest BCUT2D eigenvalue weighted by Gasteiger charge is -2.13. The van der Waals surface area contributed by atoms with E-state index in [0.29, 0.717) is 11.3 Å². The number of benzene rings is 1. The average Bonchev–Trinajstić information content (AvgIpc) is 2.36. The normalized spacial score (nSPS) is 13.2. The van der Waals surface area contributed by atoms with Crippen molar-refractivity contribution in [2.45, 2.75) is 37.5 Å². The Morgan fingerprint density at radius 1 is 1.22 bits per heavy atom. The summed E-state index contributed by atoms with van der Waals surface area (Å²) in [5, 5.41) is 8.80. The summed E-state index contributed by atoms with van der Waals surface area (Å²) in [6, 6.07) is 6.52. The predicted octanol–water partition coefficient (Wildman–Crippen LogP) is 2.45. The number of rotatable bonds is 6. The Kier molecular flexibility index (Phi) is 4.90. The molecule has 0 saturated carbocycles. The molecule has 1 aromatic carbocycles. The van der Waals surface area contributed by atoms with Gasteiger partial charge in [-0.3, -0.25) is 4.79 Å². The van der Waals surface area contributed by atoms with Crippen LogP contribution in [0.2, 0.25) is 0 Å². The van der Waals surface area contributed by atoms with Crippen LogP contribution in [-0.2, 0) is 14.6 Å². The topological polar surface area (TPSA) is 71.4 Å². The minimum absolute atomic E-state index is 0.0658. The van der Waals surface area contributed by atoms with E-state index in [2.05, 4.69) is 0 Å². The Balaban J connectivity index is 2.98. The summed E-state index contributed by atoms with van der Waals surface area (Å²) in [6.45, 7) is 3.52. The fraction of sp³-hybridized carbons (Fsp3) is 0.462. The minimum Gasteiger partial charge on any atom is -0.481 e. The fourth-order valence-electron chi connectivity index (χ4n) is 1.82. The van der Waals surface area contributed by atoms with Crippen LogP contribution < -0.4 is 0 Å². The molecule has 100 valence electrons. The Morgan fingerprint density at radius 2 is 1.78 bits per heavy atom. The summed E-state index contributed by atoms with van der Waals surface area (Å²) >= 11 is 0. The first-order chi connectivity index (χ1) is 8.40. The Morgan fingerprint density at radius 3 is 2.17 bits per heavy atom. The van der Waals surface area contributed by atoms with E-state index in [9.17, 15) is 13.2 Å². The maximum Gasteiger partial charge on any atom is 0.303 e. The highest BCUT2D eigenvalue weighted by atomic mass is 32.2. The van der Waals surface area contributed by atoms with Crippen molar-refractivity contribution in [2.75, 3.05) is 5.75 Å². The molecule has 18 heavy (non-hydrogen) atoms. The van der Waals surface area contributed by atoms with Crippen LogP contribution in [0.5, 0.6) is 0 Å². The van der Waals surface area contributed by atoms with Gasteiger partial charge in [0.15, 0.2) is 9.84 Å². The average molecular weight is 270 g/mol. The second-order valence-corrected chi connectivity index (χ2v) is 6.45. The Hall–Kier alpha value is -1.36. The molecule has 1 N–H and O–H groups in total. The highest BCUT2D eigenvalue weighted by molar-refractivity contribution is 7.91. The maximum absolute atomic E-state index is 11.6. The maximum atomic E-state index is 11.6. The first kappa shape index (κ1) is 14.7. The molecule has 0 bridgehead atoms. The first-order valence-corrected chi connectivity index (χ1v) is 7.60. The molecule has 5 heteroatoms. The molecule has 0 radical (unpaired) electrons. The van der Waals surface area contributed by atoms with Crippen molar-refractivity contribution < 1.29 is 18.3 Å². The predicted molar refractivity (Wildman–Crippen MR) is 69.5 cm³/mol. The molecule has 4 nitrogen and oxygen atoms in total. The summed E-state index contributed by atoms with van der Waals surface area (Å²) in [5.74, 6) is -0.841. The van der Waals surface area contributed by atoms with Crippen LogP contribution in [0, 0.1) is 0 Å². The number of carboxylic acids is 1. The summed E-state index contributed by atoms with van der Waals surface area (Å²) < 4.78 is 23.3. The molecule has 0 aromatic heterocycles. The molecule has 0 aliphatic carbocycles. The van der Waals surface area contributed by atoms with Crippen molar-refractivity contribution in [3.63, 3.8) is 0 Å². The molecule has 1 atom stereocenters. The highest BCUT2D eigenvalue weighted by Crippen LogP contribution is 2.24. The molecule has 0 aliphatic heterocycles. The SMILES string of the molecule is CCC(CC(=O)O)c1ccc(S(=O)(=O)CC)cc1. The van der Waals surface area contributed by atoms with E-state index in [0.717, 1.165) is 5.56 Å². The molecule has 1 aromatic rings. The third kappa shape index (κ3) is 3.57. The van der Waals surface area contributed by atoms with Crippen molar-refractivity contribution in [1.29, 1.82) is 0 Å². The summed E-state index contributed by atoms with van der Waals surface area (Å²) in [7, 11) is -3.19. The lowest BCUT2D eigenvalue weighted by molar-refractivity contribution is -0.137. The molecule has 1 rings (SSSR count). The van der Waals surface area contributed by atoms with Gasteiger partial charge in [0.05, 0.1) is 17.1 Å². The van der Waals surface area contributed by atoms with Crippen molar-refractivity contribution >= 4 is 15.8 Å². The molecule has 0 fully saturated rings. The van der Waals surface area contributed by atoms with Crippen LogP contribution in [0.15, 0.2) is 29.2 Å². The second kappa shape index (κ2) is 6.00. The quantitative estimate of drug-likeness (QED) is 0.861. The van der Waals surface area contributed by atoms with Gasteiger partial charge in [-0.25, -0.2) is 8.42 Å². The van der Waals surface area contributed by atoms with Crippen molar-refractivity contribution in [2.24, 2.45) is 0 Å². The molecule has 0 aliphatic rings. The molecule has 1 unspecified atom stereocenters. The zero-order valence-electron chi connectivity index (χ0n) is 10.6. The first-order valence-electron chi connectivity index (χ1n) is 5.95. The van der Waals surface area contributed by atoms with Crippen LogP contribution in [0.25, 0.3) is 0 Å². The number of hydrogen-bond donors (Lipinski definition) is 1. The largest absolute Gasteiger partial charge is 0.481 e. The van der Waals surface area contributed by atoms with Gasteiger partial charge in [-0.1, -0.05) is 26.0 Å². The minimum atomic E-state index is -3.19. The van der Waals surface area contributed by atoms with Gasteiger partial charge >= 0.3 is 5.97 Å². The zero-order chi connectivity index (χ0) is 13.8. The van der Waals surface area contributed by atoms with E-state index in [1.807, 2.05) is 6.92 Å². The van der Waals surface area contributed by atoms with Gasteiger partial charge in [-0.05, 0) is 30.0 Å². The highest BCUT2D eigenvalue weighted by Gasteiger charge is 2.15. The van der Waals surface area contributed by atoms with Gasteiger partial charge in [-0.2, -0.15) is 0 Å². The molecular weight excluding hydrogens is 252 g/mol. The van der Waals surface area contributed by atoms with E-state index in [1.54, 1.807) is 31.2 Å². The molecule has 0 saturated heterocycles. The van der Waals surface area contributed by atoms with Crippen LogP contribution >= 0.6 is 0 Å². The molecule has 0 heterocycles. The standard InChI is InChI=1S/C13H18O4S/c1-3-10(9-13(14)15)11-5-7-12(8-6-11)18(16,17)4-2/h5-8,10H,3-4,9H2,1-2H3,(H,14,15). The van der Waals surface area contributed by atoms with E-state index in [-0.39, 0.29) is 18.1 Å². The molecule has 0 amide bonds. The van der Waals surface area contributed by atoms with Gasteiger partial charge in [0.25, 0.3) is 0 Å². The Labute approximate surface area is 108 Å². The van der Waals surface area contributed by atoms with E-state index >= 15 is 0 Å². The van der Waals surface area contributed by atoms with E-state index in [4.69, 9.17) is 5.11 Å². The Bertz CT molecular complexity index is 502. The van der Waals surface area contributed by atoms with Gasteiger partial charge < -0.3 is 5.11 Å². The van der Waals surface area contributed by atoms with Gasteiger partial charge in [0.1, 0.15) is 0 Å². The number of aliphatic carboxylic acids is 1. The third-order valence-electron chi connectivity index (χ3n) is 3.00. The smallest absolute Gasteiger partial charge is 0.303 e. The summed E-state index contributed by atoms with van der Waals surface area (Å²) in [5.41, 5.74) is 0.870. The molecule has 0 spiro atoms. The van der Waals surface area contributed by atoms with Gasteiger partial charge in [-0.15, -0.1) is 0 Å². The van der Waals surface area contributed by atoms with Crippen LogP contribution in [-0.4, -0.2) is 25.2 Å². The van der Waals surface area contributed by atoms with Crippen molar-refractivity contribution in [3.8, 4) is 0 Å². The second-order valence-electron chi connectivity index (χ2n) is 4.18. The van der Waals surface area contributed by atoms with Crippen molar-refractivity contribution in [1.82, 2.24) is 0 Å². The number of carbonyl (C=O) groups is 1. The zero-order valence-corrected chi connectivity index (χ0v) is 11.4. The van der Waals surface area contributed by atoms with Gasteiger partial charge in [0.2, 0.25) is 0 Å². The summed E-state index contributed by atoms with van der Waals surface area (Å²) in [6.07, 6.45) is 0.780. The van der Waals surface area contributed by atoms with Gasteiger partial charge in [0, 0.05) is 0 Å². The lowest BCUT2D eigenvalue weighted by Crippen LogP contribution is -2.07. The van der Waals surface area contributed by atoms with Crippen LogP contribution in [0.4, 0.5) is 0 Å². The third-order valence-corrected chi connectivity index (χ3v) is 4.75. The number of hydrogen-bond acceptors (Lipinski definition) is 3. The van der Waals surface area contributed by atoms with Crippen LogP contribution in [0.1, 0.15) is 38.2 Å². The van der Waals surface area contributed by atoms with Crippen LogP contribution in [0.3, 0.4) is 0 Å². The molecular formula is C13H18O4S. The van der Waals surface area contributed by atoms with Crippen molar-refractivity contribution in [3.05, 3.63) is 29.8 Å². The van der Waals surface area contributed by atoms with E-state index < -0.39 is 15.8 Å².